The number of nitrogens with one attached hydrogen (secondary N) is 1. The summed E-state index contributed by atoms with van der Waals surface area (Å²) in [6, 6.07) is 47.2. The topological polar surface area (TPSA) is 64.3 Å². The third-order valence-electron chi connectivity index (χ3n) is 9.49. The van der Waals surface area contributed by atoms with Crippen molar-refractivity contribution in [2.75, 3.05) is 0 Å². The fourth-order valence-electron chi connectivity index (χ4n) is 7.05. The second kappa shape index (κ2) is 14.6. The van der Waals surface area contributed by atoms with Crippen LogP contribution in [0.2, 0.25) is 0 Å². The van der Waals surface area contributed by atoms with Gasteiger partial charge in [0.2, 0.25) is 0 Å². The highest BCUT2D eigenvalue weighted by molar-refractivity contribution is 7.98. The Labute approximate surface area is 301 Å². The fourth-order valence-corrected chi connectivity index (χ4v) is 7.99. The first-order valence-corrected chi connectivity index (χ1v) is 18.2. The van der Waals surface area contributed by atoms with Crippen LogP contribution in [-0.2, 0) is 30.7 Å². The van der Waals surface area contributed by atoms with Crippen LogP contribution in [0.15, 0.2) is 163 Å². The largest absolute Gasteiger partial charge is 0.361 e. The molecule has 0 unspecified atom stereocenters. The number of aromatic nitrogens is 6. The van der Waals surface area contributed by atoms with E-state index in [-0.39, 0.29) is 5.82 Å². The van der Waals surface area contributed by atoms with Gasteiger partial charge in [-0.3, -0.25) is 0 Å². The number of nitrogens with zero attached hydrogens (tertiary/aromatic N) is 5. The summed E-state index contributed by atoms with van der Waals surface area (Å²) in [5.74, 6) is 1.40. The summed E-state index contributed by atoms with van der Waals surface area (Å²) in [5.41, 5.74) is 7.04. The lowest BCUT2D eigenvalue weighted by atomic mass is 9.77. The molecule has 3 heterocycles. The predicted molar refractivity (Wildman–Crippen MR) is 202 cm³/mol. The molecule has 8 aromatic rings. The Balaban J connectivity index is 1.09. The van der Waals surface area contributed by atoms with Crippen molar-refractivity contribution in [2.24, 2.45) is 0 Å². The quantitative estimate of drug-likeness (QED) is 0.0969. The number of H-pyrrole nitrogens is 1. The maximum Gasteiger partial charge on any atom is 0.191 e. The Morgan fingerprint density at radius 2 is 1.35 bits per heavy atom. The van der Waals surface area contributed by atoms with Gasteiger partial charge in [-0.2, -0.15) is 0 Å². The van der Waals surface area contributed by atoms with E-state index in [0.717, 1.165) is 75.0 Å². The van der Waals surface area contributed by atoms with Crippen LogP contribution in [0.3, 0.4) is 0 Å². The van der Waals surface area contributed by atoms with Crippen molar-refractivity contribution in [2.45, 2.75) is 42.3 Å². The van der Waals surface area contributed by atoms with Crippen LogP contribution in [0.4, 0.5) is 4.39 Å². The van der Waals surface area contributed by atoms with Crippen LogP contribution >= 0.6 is 11.8 Å². The third-order valence-corrected chi connectivity index (χ3v) is 10.5. The number of halogens is 1. The second-order valence-corrected chi connectivity index (χ2v) is 13.6. The van der Waals surface area contributed by atoms with Gasteiger partial charge in [0.25, 0.3) is 0 Å². The molecule has 8 rings (SSSR count). The molecule has 0 saturated carbocycles. The summed E-state index contributed by atoms with van der Waals surface area (Å²) >= 11 is 1.69. The number of rotatable bonds is 13. The van der Waals surface area contributed by atoms with Gasteiger partial charge in [-0.25, -0.2) is 9.37 Å². The molecule has 0 aliphatic heterocycles. The molecule has 5 aromatic carbocycles. The lowest BCUT2D eigenvalue weighted by molar-refractivity contribution is 0.513. The van der Waals surface area contributed by atoms with Gasteiger partial charge in [-0.05, 0) is 58.9 Å². The van der Waals surface area contributed by atoms with E-state index >= 15 is 0 Å². The molecule has 0 fully saturated rings. The highest BCUT2D eigenvalue weighted by Gasteiger charge is 2.38. The van der Waals surface area contributed by atoms with Crippen LogP contribution < -0.4 is 0 Å². The van der Waals surface area contributed by atoms with Crippen LogP contribution in [0.25, 0.3) is 10.9 Å². The van der Waals surface area contributed by atoms with Crippen molar-refractivity contribution in [1.29, 1.82) is 0 Å². The summed E-state index contributed by atoms with van der Waals surface area (Å²) in [4.78, 5) is 8.26. The van der Waals surface area contributed by atoms with E-state index in [2.05, 4.69) is 146 Å². The van der Waals surface area contributed by atoms with Gasteiger partial charge in [-0.1, -0.05) is 133 Å². The predicted octanol–water partition coefficient (Wildman–Crippen LogP) is 9.45. The number of fused-ring (bicyclic) bond motifs is 1. The average Bonchev–Trinajstić information content (AvgIpc) is 3.92. The minimum Gasteiger partial charge on any atom is -0.361 e. The molecular weight excluding hydrogens is 652 g/mol. The zero-order valence-electron chi connectivity index (χ0n) is 28.1. The van der Waals surface area contributed by atoms with Gasteiger partial charge in [0.15, 0.2) is 5.16 Å². The van der Waals surface area contributed by atoms with Gasteiger partial charge < -0.3 is 14.1 Å². The second-order valence-electron chi connectivity index (χ2n) is 12.7. The summed E-state index contributed by atoms with van der Waals surface area (Å²) in [5, 5.41) is 11.0. The number of aryl methyl sites for hydroxylation is 1. The Bertz CT molecular complexity index is 2240. The SMILES string of the molecule is Fc1ccc2[nH]cc(Cc3nnc(SCc4ccccc4)n3CCCc3cn(C(c4ccccc4)(c4ccccc4)c4ccccc4)cn3)c2c1. The van der Waals surface area contributed by atoms with Crippen molar-refractivity contribution in [3.05, 3.63) is 203 Å². The molecule has 51 heavy (non-hydrogen) atoms. The molecule has 0 radical (unpaired) electrons. The molecule has 6 nitrogen and oxygen atoms in total. The molecule has 0 spiro atoms. The third kappa shape index (κ3) is 6.62. The van der Waals surface area contributed by atoms with Gasteiger partial charge in [0.05, 0.1) is 12.0 Å². The number of benzene rings is 5. The van der Waals surface area contributed by atoms with Crippen LogP contribution in [0.5, 0.6) is 0 Å². The van der Waals surface area contributed by atoms with E-state index in [0.29, 0.717) is 6.42 Å². The minimum atomic E-state index is -0.601. The van der Waals surface area contributed by atoms with E-state index < -0.39 is 5.54 Å². The van der Waals surface area contributed by atoms with E-state index in [4.69, 9.17) is 4.98 Å². The molecule has 252 valence electrons. The zero-order chi connectivity index (χ0) is 34.5. The highest BCUT2D eigenvalue weighted by atomic mass is 32.2. The number of hydrogen-bond acceptors (Lipinski definition) is 4. The number of hydrogen-bond donors (Lipinski definition) is 1. The monoisotopic (exact) mass is 688 g/mol. The van der Waals surface area contributed by atoms with E-state index in [1.807, 2.05) is 18.6 Å². The van der Waals surface area contributed by atoms with Crippen LogP contribution in [0.1, 0.15) is 45.8 Å². The first-order chi connectivity index (χ1) is 25.2. The molecule has 3 aromatic heterocycles. The van der Waals surface area contributed by atoms with Gasteiger partial charge >= 0.3 is 0 Å². The standard InChI is InChI=1S/C43H37FN6S/c44-37-23-24-40-39(27-37)33(28-45-40)26-41-47-48-42(51-30-32-14-5-1-6-15-32)50(41)25-13-22-38-29-49(31-46-38)43(34-16-7-2-8-17-34,35-18-9-3-10-19-35)36-20-11-4-12-21-36/h1-12,14-21,23-24,27-29,31,45H,13,22,25-26,30H2. The minimum absolute atomic E-state index is 0.251. The Kier molecular flexibility index (Phi) is 9.32. The number of thioether (sulfide) groups is 1. The van der Waals surface area contributed by atoms with E-state index in [9.17, 15) is 4.39 Å². The van der Waals surface area contributed by atoms with Crippen LogP contribution in [-0.4, -0.2) is 29.3 Å². The van der Waals surface area contributed by atoms with Crippen molar-refractivity contribution in [3.63, 3.8) is 0 Å². The Morgan fingerprint density at radius 3 is 2.00 bits per heavy atom. The molecule has 0 saturated heterocycles. The number of imidazole rings is 1. The molecule has 0 amide bonds. The van der Waals surface area contributed by atoms with Crippen molar-refractivity contribution < 1.29 is 4.39 Å². The van der Waals surface area contributed by atoms with Crippen molar-refractivity contribution in [1.82, 2.24) is 29.3 Å². The number of aromatic amines is 1. The first-order valence-electron chi connectivity index (χ1n) is 17.2. The average molecular weight is 689 g/mol. The molecule has 0 bridgehead atoms. The molecule has 1 N–H and O–H groups in total. The van der Waals surface area contributed by atoms with Gasteiger partial charge in [0, 0.05) is 42.0 Å². The van der Waals surface area contributed by atoms with E-state index in [1.165, 1.54) is 11.6 Å². The molecule has 8 heteroatoms. The van der Waals surface area contributed by atoms with E-state index in [1.54, 1.807) is 23.9 Å². The lowest BCUT2D eigenvalue weighted by Gasteiger charge is -2.37. The maximum absolute atomic E-state index is 14.2. The van der Waals surface area contributed by atoms with Gasteiger partial charge in [-0.15, -0.1) is 10.2 Å². The van der Waals surface area contributed by atoms with Gasteiger partial charge in [0.1, 0.15) is 17.2 Å². The zero-order valence-corrected chi connectivity index (χ0v) is 28.9. The lowest BCUT2D eigenvalue weighted by Crippen LogP contribution is -2.36. The normalized spacial score (nSPS) is 11.7. The summed E-state index contributed by atoms with van der Waals surface area (Å²) < 4.78 is 18.7. The Morgan fingerprint density at radius 1 is 0.725 bits per heavy atom. The highest BCUT2D eigenvalue weighted by Crippen LogP contribution is 2.41. The Hall–Kier alpha value is -5.73. The summed E-state index contributed by atoms with van der Waals surface area (Å²) in [6.45, 7) is 0.726. The fraction of sp³-hybridized carbons (Fsp3) is 0.140. The smallest absolute Gasteiger partial charge is 0.191 e. The molecular formula is C43H37FN6S. The van der Waals surface area contributed by atoms with Crippen molar-refractivity contribution in [3.8, 4) is 0 Å². The molecule has 0 aliphatic rings. The summed E-state index contributed by atoms with van der Waals surface area (Å²) in [7, 11) is 0. The summed E-state index contributed by atoms with van der Waals surface area (Å²) in [6.07, 6.45) is 8.30. The molecule has 0 atom stereocenters. The molecule has 0 aliphatic carbocycles. The van der Waals surface area contributed by atoms with Crippen LogP contribution in [0, 0.1) is 5.82 Å². The maximum atomic E-state index is 14.2. The first kappa shape index (κ1) is 32.5. The van der Waals surface area contributed by atoms with Crippen molar-refractivity contribution >= 4 is 22.7 Å².